The SMILES string of the molecule is CC(C)(C)OC(=O)C(C)(CO)OCC1CCCC(O)C1. The minimum absolute atomic E-state index is 0.229. The molecule has 0 aliphatic heterocycles. The van der Waals surface area contributed by atoms with E-state index in [9.17, 15) is 15.0 Å². The summed E-state index contributed by atoms with van der Waals surface area (Å²) in [5, 5.41) is 19.1. The highest BCUT2D eigenvalue weighted by Gasteiger charge is 2.38. The van der Waals surface area contributed by atoms with E-state index in [4.69, 9.17) is 9.47 Å². The minimum Gasteiger partial charge on any atom is -0.458 e. The van der Waals surface area contributed by atoms with Crippen molar-refractivity contribution in [1.82, 2.24) is 0 Å². The van der Waals surface area contributed by atoms with Gasteiger partial charge in [-0.3, -0.25) is 0 Å². The van der Waals surface area contributed by atoms with Crippen LogP contribution in [0.4, 0.5) is 0 Å². The summed E-state index contributed by atoms with van der Waals surface area (Å²) in [5.41, 5.74) is -1.95. The molecule has 3 atom stereocenters. The van der Waals surface area contributed by atoms with Crippen molar-refractivity contribution >= 4 is 5.97 Å². The molecule has 118 valence electrons. The van der Waals surface area contributed by atoms with Gasteiger partial charge in [-0.05, 0) is 52.9 Å². The van der Waals surface area contributed by atoms with Gasteiger partial charge >= 0.3 is 5.97 Å². The highest BCUT2D eigenvalue weighted by Crippen LogP contribution is 2.26. The zero-order valence-corrected chi connectivity index (χ0v) is 13.0. The fourth-order valence-corrected chi connectivity index (χ4v) is 2.27. The number of hydrogen-bond donors (Lipinski definition) is 2. The second kappa shape index (κ2) is 6.87. The molecule has 0 bridgehead atoms. The van der Waals surface area contributed by atoms with E-state index in [0.29, 0.717) is 13.0 Å². The molecule has 2 N–H and O–H groups in total. The number of carbonyl (C=O) groups excluding carboxylic acids is 1. The molecule has 0 amide bonds. The minimum atomic E-state index is -1.34. The lowest BCUT2D eigenvalue weighted by Gasteiger charge is -2.33. The van der Waals surface area contributed by atoms with Crippen molar-refractivity contribution in [2.45, 2.75) is 70.7 Å². The van der Waals surface area contributed by atoms with Crippen LogP contribution in [0.25, 0.3) is 0 Å². The molecule has 0 aromatic rings. The van der Waals surface area contributed by atoms with Crippen LogP contribution < -0.4 is 0 Å². The summed E-state index contributed by atoms with van der Waals surface area (Å²) in [5.74, 6) is -0.323. The number of ether oxygens (including phenoxy) is 2. The van der Waals surface area contributed by atoms with Crippen LogP contribution in [-0.4, -0.2) is 46.7 Å². The van der Waals surface area contributed by atoms with Crippen LogP contribution in [-0.2, 0) is 14.3 Å². The Bertz CT molecular complexity index is 323. The number of carbonyl (C=O) groups is 1. The molecule has 1 fully saturated rings. The van der Waals surface area contributed by atoms with Crippen LogP contribution >= 0.6 is 0 Å². The second-order valence-corrected chi connectivity index (χ2v) is 6.89. The third kappa shape index (κ3) is 5.38. The normalized spacial score (nSPS) is 26.9. The zero-order valence-electron chi connectivity index (χ0n) is 13.0. The van der Waals surface area contributed by atoms with Crippen molar-refractivity contribution in [2.24, 2.45) is 5.92 Å². The van der Waals surface area contributed by atoms with Crippen LogP contribution in [0.2, 0.25) is 0 Å². The van der Waals surface area contributed by atoms with Gasteiger partial charge in [-0.1, -0.05) is 6.42 Å². The first-order chi connectivity index (χ1) is 9.16. The third-order valence-corrected chi connectivity index (χ3v) is 3.53. The summed E-state index contributed by atoms with van der Waals surface area (Å²) in [7, 11) is 0. The van der Waals surface area contributed by atoms with Crippen molar-refractivity contribution < 1.29 is 24.5 Å². The lowest BCUT2D eigenvalue weighted by Crippen LogP contribution is -2.47. The zero-order chi connectivity index (χ0) is 15.4. The molecule has 0 radical (unpaired) electrons. The highest BCUT2D eigenvalue weighted by atomic mass is 16.6. The average molecular weight is 288 g/mol. The Morgan fingerprint density at radius 3 is 2.40 bits per heavy atom. The predicted molar refractivity (Wildman–Crippen MR) is 75.3 cm³/mol. The lowest BCUT2D eigenvalue weighted by atomic mass is 9.88. The first-order valence-electron chi connectivity index (χ1n) is 7.32. The Balaban J connectivity index is 2.53. The maximum atomic E-state index is 12.1. The maximum Gasteiger partial charge on any atom is 0.341 e. The summed E-state index contributed by atoms with van der Waals surface area (Å²) < 4.78 is 10.9. The molecule has 0 aromatic heterocycles. The molecule has 0 saturated heterocycles. The smallest absolute Gasteiger partial charge is 0.341 e. The Morgan fingerprint density at radius 1 is 1.25 bits per heavy atom. The van der Waals surface area contributed by atoms with Gasteiger partial charge in [0.1, 0.15) is 5.60 Å². The maximum absolute atomic E-state index is 12.1. The van der Waals surface area contributed by atoms with Gasteiger partial charge in [0, 0.05) is 0 Å². The van der Waals surface area contributed by atoms with Crippen LogP contribution in [0.1, 0.15) is 53.4 Å². The first kappa shape index (κ1) is 17.4. The van der Waals surface area contributed by atoms with Crippen LogP contribution in [0, 0.1) is 5.92 Å². The van der Waals surface area contributed by atoms with Crippen molar-refractivity contribution in [3.05, 3.63) is 0 Å². The summed E-state index contributed by atoms with van der Waals surface area (Å²) in [4.78, 5) is 12.1. The molecule has 1 aliphatic rings. The van der Waals surface area contributed by atoms with Gasteiger partial charge in [-0.15, -0.1) is 0 Å². The summed E-state index contributed by atoms with van der Waals surface area (Å²) in [6, 6.07) is 0. The van der Waals surface area contributed by atoms with Crippen molar-refractivity contribution in [1.29, 1.82) is 0 Å². The standard InChI is InChI=1S/C15H28O5/c1-14(2,3)20-13(18)15(4,10-16)19-9-11-6-5-7-12(17)8-11/h11-12,16-17H,5-10H2,1-4H3. The fourth-order valence-electron chi connectivity index (χ4n) is 2.27. The van der Waals surface area contributed by atoms with E-state index >= 15 is 0 Å². The van der Waals surface area contributed by atoms with Gasteiger partial charge in [0.05, 0.1) is 19.3 Å². The van der Waals surface area contributed by atoms with Crippen molar-refractivity contribution in [3.8, 4) is 0 Å². The van der Waals surface area contributed by atoms with Crippen LogP contribution in [0.5, 0.6) is 0 Å². The number of rotatable bonds is 5. The van der Waals surface area contributed by atoms with E-state index in [-0.39, 0.29) is 12.0 Å². The molecule has 0 heterocycles. The van der Waals surface area contributed by atoms with Gasteiger partial charge in [-0.2, -0.15) is 0 Å². The van der Waals surface area contributed by atoms with Crippen molar-refractivity contribution in [3.63, 3.8) is 0 Å². The first-order valence-corrected chi connectivity index (χ1v) is 7.32. The molecule has 1 aliphatic carbocycles. The molecule has 5 heteroatoms. The van der Waals surface area contributed by atoms with Gasteiger partial charge in [0.2, 0.25) is 0 Å². The van der Waals surface area contributed by atoms with Gasteiger partial charge in [-0.25, -0.2) is 4.79 Å². The number of esters is 1. The molecular formula is C15H28O5. The largest absolute Gasteiger partial charge is 0.458 e. The summed E-state index contributed by atoms with van der Waals surface area (Å²) in [6.45, 7) is 6.81. The van der Waals surface area contributed by atoms with E-state index in [2.05, 4.69) is 0 Å². The van der Waals surface area contributed by atoms with Crippen LogP contribution in [0.3, 0.4) is 0 Å². The molecule has 0 aromatic carbocycles. The van der Waals surface area contributed by atoms with Gasteiger partial charge in [0.15, 0.2) is 5.60 Å². The van der Waals surface area contributed by atoms with E-state index in [1.165, 1.54) is 0 Å². The van der Waals surface area contributed by atoms with E-state index in [1.807, 2.05) is 0 Å². The number of hydrogen-bond acceptors (Lipinski definition) is 5. The Labute approximate surface area is 121 Å². The molecule has 3 unspecified atom stereocenters. The Kier molecular flexibility index (Phi) is 5.98. The number of aliphatic hydroxyl groups excluding tert-OH is 2. The molecule has 5 nitrogen and oxygen atoms in total. The topological polar surface area (TPSA) is 76.0 Å². The van der Waals surface area contributed by atoms with E-state index in [0.717, 1.165) is 19.3 Å². The monoisotopic (exact) mass is 288 g/mol. The fraction of sp³-hybridized carbons (Fsp3) is 0.933. The second-order valence-electron chi connectivity index (χ2n) is 6.89. The molecule has 20 heavy (non-hydrogen) atoms. The van der Waals surface area contributed by atoms with Gasteiger partial charge < -0.3 is 19.7 Å². The van der Waals surface area contributed by atoms with Crippen molar-refractivity contribution in [2.75, 3.05) is 13.2 Å². The summed E-state index contributed by atoms with van der Waals surface area (Å²) in [6.07, 6.45) is 3.19. The van der Waals surface area contributed by atoms with Crippen LogP contribution in [0.15, 0.2) is 0 Å². The molecule has 1 rings (SSSR count). The third-order valence-electron chi connectivity index (χ3n) is 3.53. The van der Waals surface area contributed by atoms with Gasteiger partial charge in [0.25, 0.3) is 0 Å². The Morgan fingerprint density at radius 2 is 1.90 bits per heavy atom. The molecular weight excluding hydrogens is 260 g/mol. The highest BCUT2D eigenvalue weighted by molar-refractivity contribution is 5.79. The van der Waals surface area contributed by atoms with E-state index in [1.54, 1.807) is 27.7 Å². The summed E-state index contributed by atoms with van der Waals surface area (Å²) >= 11 is 0. The Hall–Kier alpha value is -0.650. The lowest BCUT2D eigenvalue weighted by molar-refractivity contribution is -0.189. The predicted octanol–water partition coefficient (Wildman–Crippen LogP) is 1.65. The molecule has 0 spiro atoms. The number of aliphatic hydroxyl groups is 2. The van der Waals surface area contributed by atoms with E-state index < -0.39 is 23.8 Å². The quantitative estimate of drug-likeness (QED) is 0.752. The average Bonchev–Trinajstić information content (AvgIpc) is 2.34. The molecule has 1 saturated carbocycles.